The highest BCUT2D eigenvalue weighted by Gasteiger charge is 2.26. The van der Waals surface area contributed by atoms with E-state index in [1.165, 1.54) is 12.1 Å². The number of hydrogen-bond donors (Lipinski definition) is 0. The maximum absolute atomic E-state index is 14.0. The summed E-state index contributed by atoms with van der Waals surface area (Å²) in [5, 5.41) is 0. The van der Waals surface area contributed by atoms with Crippen molar-refractivity contribution in [1.82, 2.24) is 9.55 Å². The Kier molecular flexibility index (Phi) is 5.91. The molecule has 0 aliphatic heterocycles. The summed E-state index contributed by atoms with van der Waals surface area (Å²) in [4.78, 5) is 15.5. The molecule has 1 aromatic heterocycles. The number of imidazole rings is 1. The van der Waals surface area contributed by atoms with Crippen LogP contribution in [0, 0.1) is 5.82 Å². The Morgan fingerprint density at radius 1 is 1.32 bits per heavy atom. The Morgan fingerprint density at radius 3 is 2.88 bits per heavy atom. The fourth-order valence-corrected chi connectivity index (χ4v) is 2.54. The van der Waals surface area contributed by atoms with E-state index in [1.54, 1.807) is 13.4 Å². The van der Waals surface area contributed by atoms with E-state index in [0.29, 0.717) is 36.7 Å². The number of halogens is 1. The Hall–Kier alpha value is -2.09. The third-order valence-corrected chi connectivity index (χ3v) is 4.06. The number of carbonyl (C=O) groups is 1. The molecule has 1 aliphatic rings. The van der Waals surface area contributed by atoms with E-state index in [9.17, 15) is 9.18 Å². The Bertz CT molecular complexity index is 728. The maximum atomic E-state index is 14.0. The number of ether oxygens (including phenoxy) is 3. The van der Waals surface area contributed by atoms with Gasteiger partial charge in [-0.25, -0.2) is 9.37 Å². The van der Waals surface area contributed by atoms with Gasteiger partial charge in [0.1, 0.15) is 12.6 Å². The molecular formula is C18H21FN2O4. The van der Waals surface area contributed by atoms with E-state index in [4.69, 9.17) is 14.2 Å². The summed E-state index contributed by atoms with van der Waals surface area (Å²) in [7, 11) is 1.59. The van der Waals surface area contributed by atoms with Crippen LogP contribution in [0.25, 0.3) is 5.69 Å². The van der Waals surface area contributed by atoms with Crippen LogP contribution in [0.2, 0.25) is 0 Å². The highest BCUT2D eigenvalue weighted by atomic mass is 19.1. The molecule has 0 bridgehead atoms. The molecule has 0 unspecified atom stereocenters. The molecule has 1 aromatic carbocycles. The van der Waals surface area contributed by atoms with Crippen molar-refractivity contribution in [2.75, 3.05) is 27.1 Å². The molecule has 134 valence electrons. The first kappa shape index (κ1) is 17.7. The van der Waals surface area contributed by atoms with Crippen LogP contribution >= 0.6 is 0 Å². The third kappa shape index (κ3) is 4.50. The average Bonchev–Trinajstić information content (AvgIpc) is 3.36. The third-order valence-electron chi connectivity index (χ3n) is 4.06. The van der Waals surface area contributed by atoms with Crippen LogP contribution in [0.15, 0.2) is 24.7 Å². The number of carbonyl (C=O) groups excluding carboxylic acids is 1. The van der Waals surface area contributed by atoms with Gasteiger partial charge in [-0.05, 0) is 25.0 Å². The predicted octanol–water partition coefficient (Wildman–Crippen LogP) is 2.84. The van der Waals surface area contributed by atoms with Gasteiger partial charge >= 0.3 is 0 Å². The smallest absolute Gasteiger partial charge is 0.153 e. The largest absolute Gasteiger partial charge is 0.382 e. The molecule has 1 saturated carbocycles. The molecule has 0 N–H and O–H groups in total. The molecule has 0 radical (unpaired) electrons. The van der Waals surface area contributed by atoms with E-state index >= 15 is 0 Å². The molecule has 0 amide bonds. The SMILES string of the molecule is COCCOCOCc1cc(F)c(C=O)cc1-n1cnc(C2CC2)c1. The van der Waals surface area contributed by atoms with Crippen LogP contribution < -0.4 is 0 Å². The van der Waals surface area contributed by atoms with Crippen molar-refractivity contribution < 1.29 is 23.4 Å². The lowest BCUT2D eigenvalue weighted by molar-refractivity contribution is -0.0725. The molecule has 0 saturated heterocycles. The van der Waals surface area contributed by atoms with E-state index in [1.807, 2.05) is 10.8 Å². The molecule has 1 aliphatic carbocycles. The van der Waals surface area contributed by atoms with Crippen molar-refractivity contribution in [1.29, 1.82) is 0 Å². The molecular weight excluding hydrogens is 327 g/mol. The lowest BCUT2D eigenvalue weighted by atomic mass is 10.1. The first-order chi connectivity index (χ1) is 12.2. The quantitative estimate of drug-likeness (QED) is 0.375. The molecule has 7 heteroatoms. The highest BCUT2D eigenvalue weighted by molar-refractivity contribution is 5.77. The van der Waals surface area contributed by atoms with Gasteiger partial charge in [-0.15, -0.1) is 0 Å². The van der Waals surface area contributed by atoms with Gasteiger partial charge in [-0.1, -0.05) is 0 Å². The summed E-state index contributed by atoms with van der Waals surface area (Å²) in [5.74, 6) is -0.0543. The minimum absolute atomic E-state index is 0.0109. The normalized spacial score (nSPS) is 14.0. The van der Waals surface area contributed by atoms with Gasteiger partial charge in [0, 0.05) is 24.8 Å². The van der Waals surface area contributed by atoms with E-state index in [2.05, 4.69) is 4.98 Å². The summed E-state index contributed by atoms with van der Waals surface area (Å²) in [6.45, 7) is 1.15. The van der Waals surface area contributed by atoms with Crippen LogP contribution in [0.5, 0.6) is 0 Å². The molecule has 0 atom stereocenters. The topological polar surface area (TPSA) is 62.6 Å². The molecule has 2 aromatic rings. The van der Waals surface area contributed by atoms with E-state index < -0.39 is 5.82 Å². The fraction of sp³-hybridized carbons (Fsp3) is 0.444. The van der Waals surface area contributed by atoms with Crippen molar-refractivity contribution >= 4 is 6.29 Å². The zero-order valence-electron chi connectivity index (χ0n) is 14.1. The molecule has 25 heavy (non-hydrogen) atoms. The van der Waals surface area contributed by atoms with Gasteiger partial charge in [-0.2, -0.15) is 0 Å². The zero-order valence-corrected chi connectivity index (χ0v) is 14.1. The second-order valence-corrected chi connectivity index (χ2v) is 5.97. The maximum Gasteiger partial charge on any atom is 0.153 e. The minimum atomic E-state index is -0.569. The number of aldehydes is 1. The molecule has 6 nitrogen and oxygen atoms in total. The van der Waals surface area contributed by atoms with Crippen LogP contribution in [-0.4, -0.2) is 43.0 Å². The highest BCUT2D eigenvalue weighted by Crippen LogP contribution is 2.39. The first-order valence-corrected chi connectivity index (χ1v) is 8.19. The van der Waals surface area contributed by atoms with Gasteiger partial charge in [0.05, 0.1) is 43.1 Å². The van der Waals surface area contributed by atoms with Gasteiger partial charge in [0.15, 0.2) is 6.29 Å². The van der Waals surface area contributed by atoms with Crippen LogP contribution in [-0.2, 0) is 20.8 Å². The van der Waals surface area contributed by atoms with Crippen molar-refractivity contribution in [2.24, 2.45) is 0 Å². The fourth-order valence-electron chi connectivity index (χ4n) is 2.54. The van der Waals surface area contributed by atoms with Gasteiger partial charge in [-0.3, -0.25) is 4.79 Å². The standard InChI is InChI=1S/C18H21FN2O4/c1-23-4-5-24-12-25-10-15-6-16(19)14(9-22)7-18(15)21-8-17(20-11-21)13-2-3-13/h6-9,11,13H,2-5,10,12H2,1H3. The average molecular weight is 348 g/mol. The van der Waals surface area contributed by atoms with Crippen molar-refractivity contribution in [3.05, 3.63) is 47.3 Å². The van der Waals surface area contributed by atoms with E-state index in [0.717, 1.165) is 18.5 Å². The van der Waals surface area contributed by atoms with Gasteiger partial charge < -0.3 is 18.8 Å². The predicted molar refractivity (Wildman–Crippen MR) is 88.4 cm³/mol. The lowest BCUT2D eigenvalue weighted by Crippen LogP contribution is -2.08. The number of hydrogen-bond acceptors (Lipinski definition) is 5. The summed E-state index contributed by atoms with van der Waals surface area (Å²) in [5.41, 5.74) is 2.33. The zero-order chi connectivity index (χ0) is 17.6. The van der Waals surface area contributed by atoms with Crippen LogP contribution in [0.3, 0.4) is 0 Å². The summed E-state index contributed by atoms with van der Waals surface area (Å²) in [6, 6.07) is 2.84. The number of aromatic nitrogens is 2. The summed E-state index contributed by atoms with van der Waals surface area (Å²) >= 11 is 0. The molecule has 1 heterocycles. The summed E-state index contributed by atoms with van der Waals surface area (Å²) < 4.78 is 31.4. The Balaban J connectivity index is 1.75. The van der Waals surface area contributed by atoms with Crippen molar-refractivity contribution in [2.45, 2.75) is 25.4 Å². The minimum Gasteiger partial charge on any atom is -0.382 e. The van der Waals surface area contributed by atoms with Crippen LogP contribution in [0.4, 0.5) is 4.39 Å². The second-order valence-electron chi connectivity index (χ2n) is 5.97. The van der Waals surface area contributed by atoms with Gasteiger partial charge in [0.25, 0.3) is 0 Å². The second kappa shape index (κ2) is 8.33. The molecule has 3 rings (SSSR count). The first-order valence-electron chi connectivity index (χ1n) is 8.19. The summed E-state index contributed by atoms with van der Waals surface area (Å²) in [6.07, 6.45) is 6.42. The number of rotatable bonds is 10. The molecule has 0 spiro atoms. The van der Waals surface area contributed by atoms with Crippen molar-refractivity contribution in [3.8, 4) is 5.69 Å². The van der Waals surface area contributed by atoms with E-state index in [-0.39, 0.29) is 19.0 Å². The van der Waals surface area contributed by atoms with Crippen molar-refractivity contribution in [3.63, 3.8) is 0 Å². The number of methoxy groups -OCH3 is 1. The Labute approximate surface area is 145 Å². The Morgan fingerprint density at radius 2 is 2.16 bits per heavy atom. The van der Waals surface area contributed by atoms with Gasteiger partial charge in [0.2, 0.25) is 0 Å². The number of nitrogens with zero attached hydrogens (tertiary/aromatic N) is 2. The monoisotopic (exact) mass is 348 g/mol. The lowest BCUT2D eigenvalue weighted by Gasteiger charge is -2.12. The van der Waals surface area contributed by atoms with Crippen LogP contribution in [0.1, 0.15) is 40.4 Å². The molecule has 1 fully saturated rings. The number of benzene rings is 1.